The Morgan fingerprint density at radius 2 is 2.00 bits per heavy atom. The monoisotopic (exact) mass is 235 g/mol. The Hall–Kier alpha value is -2.04. The summed E-state index contributed by atoms with van der Waals surface area (Å²) in [5, 5.41) is 14.2. The summed E-state index contributed by atoms with van der Waals surface area (Å²) in [6.07, 6.45) is 0.328. The number of carbonyl (C=O) groups is 1. The van der Waals surface area contributed by atoms with E-state index in [2.05, 4.69) is 10.5 Å². The summed E-state index contributed by atoms with van der Waals surface area (Å²) in [6, 6.07) is 7.14. The van der Waals surface area contributed by atoms with E-state index in [-0.39, 0.29) is 17.8 Å². The first kappa shape index (κ1) is 13.0. The van der Waals surface area contributed by atoms with E-state index in [1.807, 2.05) is 13.8 Å². The smallest absolute Gasteiger partial charge is 0.224 e. The van der Waals surface area contributed by atoms with Crippen LogP contribution >= 0.6 is 0 Å². The predicted molar refractivity (Wildman–Crippen MR) is 65.9 cm³/mol. The van der Waals surface area contributed by atoms with Gasteiger partial charge in [-0.1, -0.05) is 29.4 Å². The van der Waals surface area contributed by atoms with Gasteiger partial charge in [0.15, 0.2) is 5.84 Å². The third-order valence-electron chi connectivity index (χ3n) is 2.17. The number of nitrogens with one attached hydrogen (secondary N) is 1. The number of nitrogens with two attached hydrogens (primary N) is 1. The van der Waals surface area contributed by atoms with Crippen molar-refractivity contribution in [1.82, 2.24) is 5.32 Å². The van der Waals surface area contributed by atoms with Crippen LogP contribution in [0.4, 0.5) is 0 Å². The van der Waals surface area contributed by atoms with Gasteiger partial charge in [-0.25, -0.2) is 0 Å². The topological polar surface area (TPSA) is 87.7 Å². The van der Waals surface area contributed by atoms with Crippen LogP contribution < -0.4 is 11.1 Å². The summed E-state index contributed by atoms with van der Waals surface area (Å²) in [5.41, 5.74) is 6.94. The second-order valence-corrected chi connectivity index (χ2v) is 4.08. The predicted octanol–water partition coefficient (Wildman–Crippen LogP) is 0.848. The van der Waals surface area contributed by atoms with E-state index < -0.39 is 0 Å². The van der Waals surface area contributed by atoms with Crippen molar-refractivity contribution in [3.63, 3.8) is 0 Å². The SMILES string of the molecule is CC(C)NC(=O)Cc1ccc(/C(N)=N/O)cc1. The lowest BCUT2D eigenvalue weighted by molar-refractivity contribution is -0.120. The first-order valence-corrected chi connectivity index (χ1v) is 5.39. The molecule has 0 saturated carbocycles. The summed E-state index contributed by atoms with van der Waals surface area (Å²) < 4.78 is 0. The first-order valence-electron chi connectivity index (χ1n) is 5.39. The minimum Gasteiger partial charge on any atom is -0.409 e. The molecule has 0 atom stereocenters. The van der Waals surface area contributed by atoms with Gasteiger partial charge >= 0.3 is 0 Å². The van der Waals surface area contributed by atoms with Crippen molar-refractivity contribution in [2.45, 2.75) is 26.3 Å². The van der Waals surface area contributed by atoms with Gasteiger partial charge in [0.1, 0.15) is 0 Å². The van der Waals surface area contributed by atoms with Gasteiger partial charge in [-0.2, -0.15) is 0 Å². The van der Waals surface area contributed by atoms with Crippen LogP contribution in [-0.4, -0.2) is 23.0 Å². The second-order valence-electron chi connectivity index (χ2n) is 4.08. The van der Waals surface area contributed by atoms with Crippen molar-refractivity contribution in [1.29, 1.82) is 0 Å². The van der Waals surface area contributed by atoms with Gasteiger partial charge in [0.25, 0.3) is 0 Å². The molecule has 0 unspecified atom stereocenters. The number of nitrogens with zero attached hydrogens (tertiary/aromatic N) is 1. The molecule has 0 aliphatic carbocycles. The van der Waals surface area contributed by atoms with Crippen LogP contribution in [0.5, 0.6) is 0 Å². The molecule has 0 bridgehead atoms. The second kappa shape index (κ2) is 5.89. The van der Waals surface area contributed by atoms with Gasteiger partial charge in [-0.15, -0.1) is 0 Å². The lowest BCUT2D eigenvalue weighted by Gasteiger charge is -2.08. The molecule has 1 aromatic rings. The van der Waals surface area contributed by atoms with Crippen LogP contribution in [0.1, 0.15) is 25.0 Å². The Morgan fingerprint density at radius 3 is 2.47 bits per heavy atom. The minimum atomic E-state index is -0.0171. The first-order chi connectivity index (χ1) is 8.02. The van der Waals surface area contributed by atoms with Crippen molar-refractivity contribution >= 4 is 11.7 Å². The number of amidine groups is 1. The third-order valence-corrected chi connectivity index (χ3v) is 2.17. The van der Waals surface area contributed by atoms with Gasteiger partial charge in [0.2, 0.25) is 5.91 Å². The maximum atomic E-state index is 11.5. The fourth-order valence-electron chi connectivity index (χ4n) is 1.41. The Bertz CT molecular complexity index is 410. The highest BCUT2D eigenvalue weighted by Crippen LogP contribution is 2.05. The van der Waals surface area contributed by atoms with Crippen LogP contribution in [0.3, 0.4) is 0 Å². The summed E-state index contributed by atoms with van der Waals surface area (Å²) in [5.74, 6) is 0.0414. The van der Waals surface area contributed by atoms with Crippen molar-refractivity contribution in [2.24, 2.45) is 10.9 Å². The maximum Gasteiger partial charge on any atom is 0.224 e. The average molecular weight is 235 g/mol. The molecule has 0 radical (unpaired) electrons. The highest BCUT2D eigenvalue weighted by Gasteiger charge is 2.05. The molecule has 92 valence electrons. The van der Waals surface area contributed by atoms with Crippen LogP contribution in [0.15, 0.2) is 29.4 Å². The van der Waals surface area contributed by atoms with Crippen LogP contribution in [0, 0.1) is 0 Å². The van der Waals surface area contributed by atoms with Gasteiger partial charge in [0, 0.05) is 11.6 Å². The molecular weight excluding hydrogens is 218 g/mol. The standard InChI is InChI=1S/C12H17N3O2/c1-8(2)14-11(16)7-9-3-5-10(6-4-9)12(13)15-17/h3-6,8,17H,7H2,1-2H3,(H2,13,15)(H,14,16). The lowest BCUT2D eigenvalue weighted by Crippen LogP contribution is -2.31. The van der Waals surface area contributed by atoms with E-state index in [0.29, 0.717) is 12.0 Å². The van der Waals surface area contributed by atoms with E-state index in [1.165, 1.54) is 0 Å². The number of benzene rings is 1. The molecule has 0 heterocycles. The van der Waals surface area contributed by atoms with E-state index in [4.69, 9.17) is 10.9 Å². The largest absolute Gasteiger partial charge is 0.409 e. The molecule has 0 aliphatic rings. The van der Waals surface area contributed by atoms with Crippen molar-refractivity contribution in [2.75, 3.05) is 0 Å². The molecule has 0 spiro atoms. The van der Waals surface area contributed by atoms with Crippen molar-refractivity contribution < 1.29 is 10.0 Å². The van der Waals surface area contributed by atoms with Gasteiger partial charge in [-0.05, 0) is 19.4 Å². The number of hydrogen-bond donors (Lipinski definition) is 3. The molecule has 17 heavy (non-hydrogen) atoms. The Kier molecular flexibility index (Phi) is 4.51. The third kappa shape index (κ3) is 4.14. The molecule has 5 nitrogen and oxygen atoms in total. The highest BCUT2D eigenvalue weighted by molar-refractivity contribution is 5.97. The lowest BCUT2D eigenvalue weighted by atomic mass is 10.1. The molecule has 1 amide bonds. The zero-order chi connectivity index (χ0) is 12.8. The molecule has 0 fully saturated rings. The Morgan fingerprint density at radius 1 is 1.41 bits per heavy atom. The van der Waals surface area contributed by atoms with Crippen LogP contribution in [0.25, 0.3) is 0 Å². The Balaban J connectivity index is 2.66. The van der Waals surface area contributed by atoms with Gasteiger partial charge < -0.3 is 16.3 Å². The summed E-state index contributed by atoms with van der Waals surface area (Å²) in [4.78, 5) is 11.5. The fraction of sp³-hybridized carbons (Fsp3) is 0.333. The number of oxime groups is 1. The molecular formula is C12H17N3O2. The number of hydrogen-bond acceptors (Lipinski definition) is 3. The number of rotatable bonds is 4. The molecule has 4 N–H and O–H groups in total. The van der Waals surface area contributed by atoms with Crippen molar-refractivity contribution in [3.8, 4) is 0 Å². The molecule has 0 aromatic heterocycles. The van der Waals surface area contributed by atoms with E-state index in [1.54, 1.807) is 24.3 Å². The Labute approximate surface area is 100 Å². The normalized spacial score (nSPS) is 11.6. The van der Waals surface area contributed by atoms with Gasteiger partial charge in [-0.3, -0.25) is 4.79 Å². The van der Waals surface area contributed by atoms with E-state index >= 15 is 0 Å². The average Bonchev–Trinajstić information content (AvgIpc) is 2.28. The van der Waals surface area contributed by atoms with Crippen molar-refractivity contribution in [3.05, 3.63) is 35.4 Å². The molecule has 5 heteroatoms. The minimum absolute atomic E-state index is 0.0171. The molecule has 0 saturated heterocycles. The zero-order valence-electron chi connectivity index (χ0n) is 9.97. The summed E-state index contributed by atoms with van der Waals surface area (Å²) in [6.45, 7) is 3.83. The van der Waals surface area contributed by atoms with Gasteiger partial charge in [0.05, 0.1) is 6.42 Å². The number of amides is 1. The van der Waals surface area contributed by atoms with E-state index in [9.17, 15) is 4.79 Å². The zero-order valence-corrected chi connectivity index (χ0v) is 9.97. The summed E-state index contributed by atoms with van der Waals surface area (Å²) >= 11 is 0. The fourth-order valence-corrected chi connectivity index (χ4v) is 1.41. The van der Waals surface area contributed by atoms with Crippen LogP contribution in [0.2, 0.25) is 0 Å². The van der Waals surface area contributed by atoms with Crippen LogP contribution in [-0.2, 0) is 11.2 Å². The molecule has 1 rings (SSSR count). The molecule has 0 aliphatic heterocycles. The van der Waals surface area contributed by atoms with E-state index in [0.717, 1.165) is 5.56 Å². The summed E-state index contributed by atoms with van der Waals surface area (Å²) in [7, 11) is 0. The highest BCUT2D eigenvalue weighted by atomic mass is 16.4. The maximum absolute atomic E-state index is 11.5. The quantitative estimate of drug-likeness (QED) is 0.313. The number of carbonyl (C=O) groups excluding carboxylic acids is 1. The molecule has 1 aromatic carbocycles.